The summed E-state index contributed by atoms with van der Waals surface area (Å²) < 4.78 is 18.7. The Labute approximate surface area is 133 Å². The van der Waals surface area contributed by atoms with Crippen LogP contribution in [-0.4, -0.2) is 12.9 Å². The Hall–Kier alpha value is -1.10. The van der Waals surface area contributed by atoms with E-state index in [9.17, 15) is 9.18 Å². The minimum Gasteiger partial charge on any atom is -0.496 e. The molecule has 2 aromatic carbocycles. The molecule has 2 nitrogen and oxygen atoms in total. The average Bonchev–Trinajstić information content (AvgIpc) is 2.43. The van der Waals surface area contributed by atoms with Crippen molar-refractivity contribution in [3.8, 4) is 5.75 Å². The summed E-state index contributed by atoms with van der Waals surface area (Å²) >= 11 is 14.7. The van der Waals surface area contributed by atoms with Crippen molar-refractivity contribution in [2.45, 2.75) is 0 Å². The molecule has 0 aliphatic rings. The van der Waals surface area contributed by atoms with Crippen LogP contribution in [0.3, 0.4) is 0 Å². The molecule has 0 amide bonds. The van der Waals surface area contributed by atoms with E-state index >= 15 is 0 Å². The highest BCUT2D eigenvalue weighted by molar-refractivity contribution is 9.10. The van der Waals surface area contributed by atoms with E-state index in [1.807, 2.05) is 0 Å². The minimum atomic E-state index is -0.507. The number of ether oxygens (including phenoxy) is 1. The number of rotatable bonds is 3. The van der Waals surface area contributed by atoms with Crippen LogP contribution in [0.5, 0.6) is 5.75 Å². The number of carbonyl (C=O) groups excluding carboxylic acids is 1. The monoisotopic (exact) mass is 376 g/mol. The zero-order chi connectivity index (χ0) is 14.9. The highest BCUT2D eigenvalue weighted by Gasteiger charge is 2.18. The Morgan fingerprint density at radius 3 is 2.50 bits per heavy atom. The predicted octanol–water partition coefficient (Wildman–Crippen LogP) is 5.13. The number of halogens is 4. The van der Waals surface area contributed by atoms with Gasteiger partial charge in [-0.25, -0.2) is 4.39 Å². The van der Waals surface area contributed by atoms with E-state index in [0.717, 1.165) is 6.07 Å². The van der Waals surface area contributed by atoms with Gasteiger partial charge in [0.05, 0.1) is 27.2 Å². The molecule has 0 unspecified atom stereocenters. The summed E-state index contributed by atoms with van der Waals surface area (Å²) in [7, 11) is 1.37. The highest BCUT2D eigenvalue weighted by Crippen LogP contribution is 2.30. The third-order valence-electron chi connectivity index (χ3n) is 2.67. The van der Waals surface area contributed by atoms with Crippen LogP contribution in [0, 0.1) is 5.82 Å². The maximum Gasteiger partial charge on any atom is 0.196 e. The fourth-order valence-electron chi connectivity index (χ4n) is 1.67. The lowest BCUT2D eigenvalue weighted by atomic mass is 10.0. The lowest BCUT2D eigenvalue weighted by molar-refractivity contribution is 0.103. The maximum absolute atomic E-state index is 13.5. The van der Waals surface area contributed by atoms with Crippen molar-refractivity contribution in [3.05, 3.63) is 61.8 Å². The van der Waals surface area contributed by atoms with Gasteiger partial charge in [-0.3, -0.25) is 4.79 Å². The van der Waals surface area contributed by atoms with Gasteiger partial charge in [-0.2, -0.15) is 0 Å². The molecule has 104 valence electrons. The van der Waals surface area contributed by atoms with Crippen molar-refractivity contribution in [1.29, 1.82) is 0 Å². The molecule has 0 heterocycles. The Morgan fingerprint density at radius 1 is 1.20 bits per heavy atom. The molecule has 0 atom stereocenters. The van der Waals surface area contributed by atoms with Gasteiger partial charge in [0.1, 0.15) is 11.6 Å². The summed E-state index contributed by atoms with van der Waals surface area (Å²) in [4.78, 5) is 12.4. The van der Waals surface area contributed by atoms with E-state index < -0.39 is 5.82 Å². The highest BCUT2D eigenvalue weighted by atomic mass is 79.9. The first-order chi connectivity index (χ1) is 9.43. The zero-order valence-corrected chi connectivity index (χ0v) is 13.3. The van der Waals surface area contributed by atoms with Gasteiger partial charge < -0.3 is 4.74 Å². The van der Waals surface area contributed by atoms with Gasteiger partial charge >= 0.3 is 0 Å². The van der Waals surface area contributed by atoms with Crippen molar-refractivity contribution in [1.82, 2.24) is 0 Å². The molecule has 6 heteroatoms. The van der Waals surface area contributed by atoms with Gasteiger partial charge in [0.2, 0.25) is 0 Å². The molecule has 0 saturated carbocycles. The normalized spacial score (nSPS) is 10.4. The molecule has 0 aliphatic carbocycles. The first kappa shape index (κ1) is 15.3. The van der Waals surface area contributed by atoms with Crippen LogP contribution in [-0.2, 0) is 0 Å². The second kappa shape index (κ2) is 6.12. The van der Waals surface area contributed by atoms with Crippen molar-refractivity contribution >= 4 is 44.9 Å². The Morgan fingerprint density at radius 2 is 1.90 bits per heavy atom. The van der Waals surface area contributed by atoms with E-state index in [-0.39, 0.29) is 26.6 Å². The molecule has 0 fully saturated rings. The van der Waals surface area contributed by atoms with E-state index in [1.54, 1.807) is 6.07 Å². The van der Waals surface area contributed by atoms with Crippen LogP contribution in [0.1, 0.15) is 15.9 Å². The molecular weight excluding hydrogens is 370 g/mol. The minimum absolute atomic E-state index is 0.154. The summed E-state index contributed by atoms with van der Waals surface area (Å²) in [5.74, 6) is -0.685. The third kappa shape index (κ3) is 2.97. The number of benzene rings is 2. The van der Waals surface area contributed by atoms with E-state index in [2.05, 4.69) is 15.9 Å². The van der Waals surface area contributed by atoms with Crippen LogP contribution >= 0.6 is 39.1 Å². The Balaban J connectivity index is 2.52. The lowest BCUT2D eigenvalue weighted by Gasteiger charge is -2.09. The summed E-state index contributed by atoms with van der Waals surface area (Å²) in [6, 6.07) is 7.06. The predicted molar refractivity (Wildman–Crippen MR) is 80.5 cm³/mol. The summed E-state index contributed by atoms with van der Waals surface area (Å²) in [6.45, 7) is 0. The molecule has 2 aromatic rings. The average molecular weight is 378 g/mol. The quantitative estimate of drug-likeness (QED) is 0.692. The maximum atomic E-state index is 13.5. The smallest absolute Gasteiger partial charge is 0.196 e. The second-order valence-corrected chi connectivity index (χ2v) is 5.59. The van der Waals surface area contributed by atoms with Crippen LogP contribution < -0.4 is 4.74 Å². The van der Waals surface area contributed by atoms with Crippen LogP contribution in [0.25, 0.3) is 0 Å². The van der Waals surface area contributed by atoms with Crippen LogP contribution in [0.4, 0.5) is 4.39 Å². The Bertz CT molecular complexity index is 689. The molecule has 0 aromatic heterocycles. The summed E-state index contributed by atoms with van der Waals surface area (Å²) in [5.41, 5.74) is 0.579. The van der Waals surface area contributed by atoms with Crippen molar-refractivity contribution in [2.75, 3.05) is 7.11 Å². The number of ketones is 1. The van der Waals surface area contributed by atoms with Gasteiger partial charge in [-0.15, -0.1) is 0 Å². The van der Waals surface area contributed by atoms with E-state index in [1.165, 1.54) is 25.3 Å². The third-order valence-corrected chi connectivity index (χ3v) is 4.02. The fourth-order valence-corrected chi connectivity index (χ4v) is 2.31. The SMILES string of the molecule is COc1cc(F)c(Br)cc1C(=O)c1ccc(Cl)c(Cl)c1. The topological polar surface area (TPSA) is 26.3 Å². The first-order valence-corrected chi connectivity index (χ1v) is 7.01. The van der Waals surface area contributed by atoms with Gasteiger partial charge in [0, 0.05) is 11.6 Å². The van der Waals surface area contributed by atoms with Gasteiger partial charge in [0.25, 0.3) is 0 Å². The van der Waals surface area contributed by atoms with E-state index in [4.69, 9.17) is 27.9 Å². The number of hydrogen-bond acceptors (Lipinski definition) is 2. The molecule has 0 saturated heterocycles. The molecular formula is C14H8BrCl2FO2. The summed E-state index contributed by atoms with van der Waals surface area (Å²) in [6.07, 6.45) is 0. The lowest BCUT2D eigenvalue weighted by Crippen LogP contribution is -2.05. The number of carbonyl (C=O) groups is 1. The number of methoxy groups -OCH3 is 1. The Kier molecular flexibility index (Phi) is 4.68. The standard InChI is InChI=1S/C14H8BrCl2FO2/c1-20-13-6-12(18)9(15)5-8(13)14(19)7-2-3-10(16)11(17)4-7/h2-6H,1H3. The van der Waals surface area contributed by atoms with Crippen molar-refractivity contribution < 1.29 is 13.9 Å². The zero-order valence-electron chi connectivity index (χ0n) is 10.2. The second-order valence-electron chi connectivity index (χ2n) is 3.92. The van der Waals surface area contributed by atoms with Gasteiger partial charge in [-0.1, -0.05) is 23.2 Å². The van der Waals surface area contributed by atoms with Gasteiger partial charge in [-0.05, 0) is 40.2 Å². The van der Waals surface area contributed by atoms with Crippen LogP contribution in [0.15, 0.2) is 34.8 Å². The molecule has 2 rings (SSSR count). The largest absolute Gasteiger partial charge is 0.496 e. The molecule has 0 radical (unpaired) electrons. The fraction of sp³-hybridized carbons (Fsp3) is 0.0714. The molecule has 0 N–H and O–H groups in total. The first-order valence-electron chi connectivity index (χ1n) is 5.47. The van der Waals surface area contributed by atoms with Crippen molar-refractivity contribution in [3.63, 3.8) is 0 Å². The van der Waals surface area contributed by atoms with Gasteiger partial charge in [0.15, 0.2) is 5.78 Å². The summed E-state index contributed by atoms with van der Waals surface area (Å²) in [5, 5.41) is 0.633. The molecule has 0 bridgehead atoms. The van der Waals surface area contributed by atoms with Crippen LogP contribution in [0.2, 0.25) is 10.0 Å². The molecule has 0 aliphatic heterocycles. The number of hydrogen-bond donors (Lipinski definition) is 0. The molecule has 0 spiro atoms. The van der Waals surface area contributed by atoms with E-state index in [0.29, 0.717) is 10.6 Å². The van der Waals surface area contributed by atoms with Crippen molar-refractivity contribution in [2.24, 2.45) is 0 Å². The molecule has 20 heavy (non-hydrogen) atoms.